The molecule has 0 heterocycles. The monoisotopic (exact) mass is 328 g/mol. The first-order valence-electron chi connectivity index (χ1n) is 5.00. The molecule has 1 rings (SSSR count). The summed E-state index contributed by atoms with van der Waals surface area (Å²) in [5, 5.41) is 11.8. The van der Waals surface area contributed by atoms with Gasteiger partial charge in [0.05, 0.1) is 11.8 Å². The molecule has 0 saturated heterocycles. The molecule has 0 aliphatic rings. The van der Waals surface area contributed by atoms with Crippen molar-refractivity contribution >= 4 is 34.2 Å². The number of carbonyl (C=O) groups is 1. The predicted molar refractivity (Wildman–Crippen MR) is 71.8 cm³/mol. The van der Waals surface area contributed by atoms with Crippen LogP contribution in [0.5, 0.6) is 0 Å². The Balaban J connectivity index is 2.88. The van der Waals surface area contributed by atoms with Crippen LogP contribution in [0.3, 0.4) is 0 Å². The van der Waals surface area contributed by atoms with Crippen molar-refractivity contribution in [1.29, 1.82) is 5.26 Å². The number of anilines is 1. The Kier molecular flexibility index (Phi) is 4.30. The molecule has 1 unspecified atom stereocenters. The van der Waals surface area contributed by atoms with E-state index >= 15 is 0 Å². The minimum Gasteiger partial charge on any atom is -0.324 e. The van der Waals surface area contributed by atoms with Gasteiger partial charge in [-0.1, -0.05) is 19.1 Å². The van der Waals surface area contributed by atoms with E-state index in [1.807, 2.05) is 31.2 Å². The molecule has 1 aromatic rings. The van der Waals surface area contributed by atoms with Crippen molar-refractivity contribution in [3.8, 4) is 6.07 Å². The van der Waals surface area contributed by atoms with E-state index in [1.54, 1.807) is 6.92 Å². The van der Waals surface area contributed by atoms with E-state index in [9.17, 15) is 4.79 Å². The van der Waals surface area contributed by atoms with Crippen LogP contribution < -0.4 is 5.32 Å². The topological polar surface area (TPSA) is 52.9 Å². The summed E-state index contributed by atoms with van der Waals surface area (Å²) in [6.45, 7) is 3.48. The molecule has 0 aliphatic carbocycles. The van der Waals surface area contributed by atoms with E-state index in [1.165, 1.54) is 0 Å². The molecule has 3 nitrogen and oxygen atoms in total. The second-order valence-electron chi connectivity index (χ2n) is 3.73. The Labute approximate surface area is 109 Å². The Morgan fingerprint density at radius 2 is 2.19 bits per heavy atom. The van der Waals surface area contributed by atoms with Gasteiger partial charge in [0.1, 0.15) is 5.41 Å². The highest BCUT2D eigenvalue weighted by Gasteiger charge is 2.31. The summed E-state index contributed by atoms with van der Waals surface area (Å²) in [6.07, 6.45) is 0.499. The smallest absolute Gasteiger partial charge is 0.244 e. The van der Waals surface area contributed by atoms with Crippen molar-refractivity contribution < 1.29 is 4.79 Å². The third-order valence-corrected chi connectivity index (χ3v) is 3.52. The predicted octanol–water partition coefficient (Wildman–Crippen LogP) is 3.17. The van der Waals surface area contributed by atoms with Gasteiger partial charge in [0.15, 0.2) is 0 Å². The van der Waals surface area contributed by atoms with Crippen molar-refractivity contribution in [2.75, 3.05) is 5.32 Å². The maximum Gasteiger partial charge on any atom is 0.244 e. The summed E-state index contributed by atoms with van der Waals surface area (Å²) in [5.41, 5.74) is -0.207. The van der Waals surface area contributed by atoms with Crippen molar-refractivity contribution in [1.82, 2.24) is 0 Å². The summed E-state index contributed by atoms with van der Waals surface area (Å²) < 4.78 is 0.963. The van der Waals surface area contributed by atoms with Gasteiger partial charge < -0.3 is 5.32 Å². The summed E-state index contributed by atoms with van der Waals surface area (Å²) >= 11 is 2.15. The molecule has 84 valence electrons. The molecule has 1 amide bonds. The number of hydrogen-bond acceptors (Lipinski definition) is 2. The van der Waals surface area contributed by atoms with Crippen LogP contribution in [-0.2, 0) is 4.79 Å². The van der Waals surface area contributed by atoms with Crippen LogP contribution in [0, 0.1) is 20.3 Å². The Bertz CT molecular complexity index is 439. The normalized spacial score (nSPS) is 13.6. The SMILES string of the molecule is CCC(C)(C#N)C(=O)Nc1ccccc1I. The average Bonchev–Trinajstić information content (AvgIpc) is 2.31. The second-order valence-corrected chi connectivity index (χ2v) is 4.89. The summed E-state index contributed by atoms with van der Waals surface area (Å²) in [4.78, 5) is 11.9. The lowest BCUT2D eigenvalue weighted by atomic mass is 9.88. The zero-order valence-corrected chi connectivity index (χ0v) is 11.4. The number of benzene rings is 1. The first kappa shape index (κ1) is 13.0. The molecular weight excluding hydrogens is 315 g/mol. The zero-order valence-electron chi connectivity index (χ0n) is 9.25. The fourth-order valence-electron chi connectivity index (χ4n) is 1.11. The van der Waals surface area contributed by atoms with Crippen molar-refractivity contribution in [2.45, 2.75) is 20.3 Å². The minimum atomic E-state index is -0.959. The number of carbonyl (C=O) groups excluding carboxylic acids is 1. The molecule has 0 aromatic heterocycles. The van der Waals surface area contributed by atoms with Crippen LogP contribution in [-0.4, -0.2) is 5.91 Å². The molecule has 1 aromatic carbocycles. The standard InChI is InChI=1S/C12H13IN2O/c1-3-12(2,8-14)11(16)15-10-7-5-4-6-9(10)13/h4-7H,3H2,1-2H3,(H,15,16). The maximum absolute atomic E-state index is 11.9. The number of nitrogens with zero attached hydrogens (tertiary/aromatic N) is 1. The number of nitriles is 1. The molecule has 0 spiro atoms. The van der Waals surface area contributed by atoms with Crippen molar-refractivity contribution in [3.05, 3.63) is 27.8 Å². The van der Waals surface area contributed by atoms with Crippen LogP contribution in [0.2, 0.25) is 0 Å². The van der Waals surface area contributed by atoms with E-state index in [2.05, 4.69) is 34.0 Å². The van der Waals surface area contributed by atoms with E-state index in [4.69, 9.17) is 5.26 Å². The van der Waals surface area contributed by atoms with Gasteiger partial charge in [0.2, 0.25) is 5.91 Å². The molecule has 4 heteroatoms. The quantitative estimate of drug-likeness (QED) is 0.867. The summed E-state index contributed by atoms with van der Waals surface area (Å²) in [7, 11) is 0. The zero-order chi connectivity index (χ0) is 12.2. The second kappa shape index (κ2) is 5.30. The Morgan fingerprint density at radius 3 is 2.69 bits per heavy atom. The number of para-hydroxylation sites is 1. The van der Waals surface area contributed by atoms with E-state index < -0.39 is 5.41 Å². The highest BCUT2D eigenvalue weighted by atomic mass is 127. The molecule has 16 heavy (non-hydrogen) atoms. The fourth-order valence-corrected chi connectivity index (χ4v) is 1.64. The molecule has 1 N–H and O–H groups in total. The Hall–Kier alpha value is -1.09. The number of nitrogens with one attached hydrogen (secondary N) is 1. The fraction of sp³-hybridized carbons (Fsp3) is 0.333. The van der Waals surface area contributed by atoms with Crippen LogP contribution in [0.4, 0.5) is 5.69 Å². The third kappa shape index (κ3) is 2.73. The van der Waals surface area contributed by atoms with Gasteiger partial charge in [-0.2, -0.15) is 5.26 Å². The molecule has 0 aliphatic heterocycles. The lowest BCUT2D eigenvalue weighted by Crippen LogP contribution is -2.31. The van der Waals surface area contributed by atoms with Crippen LogP contribution in [0.15, 0.2) is 24.3 Å². The lowest BCUT2D eigenvalue weighted by molar-refractivity contribution is -0.122. The first-order chi connectivity index (χ1) is 7.53. The maximum atomic E-state index is 11.9. The van der Waals surface area contributed by atoms with E-state index in [0.29, 0.717) is 6.42 Å². The van der Waals surface area contributed by atoms with Gasteiger partial charge in [0.25, 0.3) is 0 Å². The van der Waals surface area contributed by atoms with Gasteiger partial charge >= 0.3 is 0 Å². The molecule has 0 fully saturated rings. The highest BCUT2D eigenvalue weighted by Crippen LogP contribution is 2.24. The van der Waals surface area contributed by atoms with Gasteiger partial charge in [-0.3, -0.25) is 4.79 Å². The van der Waals surface area contributed by atoms with Gasteiger partial charge in [-0.15, -0.1) is 0 Å². The largest absolute Gasteiger partial charge is 0.324 e. The third-order valence-electron chi connectivity index (χ3n) is 2.58. The van der Waals surface area contributed by atoms with Gasteiger partial charge in [0, 0.05) is 3.57 Å². The molecule has 0 bridgehead atoms. The highest BCUT2D eigenvalue weighted by molar-refractivity contribution is 14.1. The van der Waals surface area contributed by atoms with E-state index in [-0.39, 0.29) is 5.91 Å². The number of amides is 1. The Morgan fingerprint density at radius 1 is 1.56 bits per heavy atom. The van der Waals surface area contributed by atoms with Crippen molar-refractivity contribution in [2.24, 2.45) is 5.41 Å². The van der Waals surface area contributed by atoms with Gasteiger partial charge in [-0.25, -0.2) is 0 Å². The number of halogens is 1. The number of hydrogen-bond donors (Lipinski definition) is 1. The van der Waals surface area contributed by atoms with Gasteiger partial charge in [-0.05, 0) is 48.1 Å². The van der Waals surface area contributed by atoms with Crippen LogP contribution in [0.25, 0.3) is 0 Å². The van der Waals surface area contributed by atoms with Crippen LogP contribution in [0.1, 0.15) is 20.3 Å². The van der Waals surface area contributed by atoms with Crippen LogP contribution >= 0.6 is 22.6 Å². The summed E-state index contributed by atoms with van der Waals surface area (Å²) in [5.74, 6) is -0.249. The van der Waals surface area contributed by atoms with E-state index in [0.717, 1.165) is 9.26 Å². The molecule has 0 saturated carbocycles. The number of rotatable bonds is 3. The molecule has 0 radical (unpaired) electrons. The minimum absolute atomic E-state index is 0.249. The molecule has 1 atom stereocenters. The van der Waals surface area contributed by atoms with Crippen molar-refractivity contribution in [3.63, 3.8) is 0 Å². The average molecular weight is 328 g/mol. The molecular formula is C12H13IN2O. The summed E-state index contributed by atoms with van der Waals surface area (Å²) in [6, 6.07) is 9.55. The first-order valence-corrected chi connectivity index (χ1v) is 6.08. The lowest BCUT2D eigenvalue weighted by Gasteiger charge is -2.19.